The molecule has 0 amide bonds. The number of rotatable bonds is 2. The van der Waals surface area contributed by atoms with Crippen LogP contribution in [0.2, 0.25) is 0 Å². The molecule has 3 rings (SSSR count). The minimum atomic E-state index is 0.425. The Bertz CT molecular complexity index is 390. The van der Waals surface area contributed by atoms with Crippen LogP contribution < -0.4 is 5.32 Å². The van der Waals surface area contributed by atoms with E-state index in [0.29, 0.717) is 18.2 Å². The van der Waals surface area contributed by atoms with Crippen LogP contribution in [0, 0.1) is 0 Å². The zero-order chi connectivity index (χ0) is 13.1. The maximum absolute atomic E-state index is 5.63. The number of aryl methyl sites for hydroxylation is 2. The molecule has 1 heterocycles. The molecule has 1 aromatic rings. The fourth-order valence-corrected chi connectivity index (χ4v) is 3.50. The first-order chi connectivity index (χ1) is 9.31. The third-order valence-corrected chi connectivity index (χ3v) is 4.60. The van der Waals surface area contributed by atoms with Crippen molar-refractivity contribution in [1.82, 2.24) is 5.32 Å². The van der Waals surface area contributed by atoms with Gasteiger partial charge < -0.3 is 10.1 Å². The van der Waals surface area contributed by atoms with Crippen LogP contribution in [0.25, 0.3) is 0 Å². The standard InChI is InChI=1S/C17H25NO/c1-13-12-17(10-11-19-13)18-16-8-6-14-4-2-3-5-15(14)7-9-16/h2-5,13,16-18H,6-12H2,1H3. The fourth-order valence-electron chi connectivity index (χ4n) is 3.50. The average Bonchev–Trinajstić information content (AvgIpc) is 2.62. The van der Waals surface area contributed by atoms with Crippen molar-refractivity contribution in [3.05, 3.63) is 35.4 Å². The van der Waals surface area contributed by atoms with E-state index in [2.05, 4.69) is 36.5 Å². The number of hydrogen-bond acceptors (Lipinski definition) is 2. The zero-order valence-electron chi connectivity index (χ0n) is 11.9. The van der Waals surface area contributed by atoms with Crippen molar-refractivity contribution in [1.29, 1.82) is 0 Å². The van der Waals surface area contributed by atoms with Crippen molar-refractivity contribution in [2.45, 2.75) is 63.6 Å². The molecule has 1 aromatic carbocycles. The molecule has 1 saturated heterocycles. The Morgan fingerprint density at radius 2 is 1.68 bits per heavy atom. The lowest BCUT2D eigenvalue weighted by Crippen LogP contribution is -2.43. The summed E-state index contributed by atoms with van der Waals surface area (Å²) < 4.78 is 5.63. The molecule has 2 unspecified atom stereocenters. The second-order valence-corrected chi connectivity index (χ2v) is 6.11. The monoisotopic (exact) mass is 259 g/mol. The average molecular weight is 259 g/mol. The second-order valence-electron chi connectivity index (χ2n) is 6.11. The highest BCUT2D eigenvalue weighted by Gasteiger charge is 2.23. The quantitative estimate of drug-likeness (QED) is 0.824. The van der Waals surface area contributed by atoms with Gasteiger partial charge in [0.2, 0.25) is 0 Å². The van der Waals surface area contributed by atoms with Gasteiger partial charge in [-0.3, -0.25) is 0 Å². The third-order valence-electron chi connectivity index (χ3n) is 4.60. The predicted octanol–water partition coefficient (Wildman–Crippen LogP) is 3.09. The highest BCUT2D eigenvalue weighted by Crippen LogP contribution is 2.22. The Morgan fingerprint density at radius 1 is 1.00 bits per heavy atom. The van der Waals surface area contributed by atoms with Crippen molar-refractivity contribution in [2.75, 3.05) is 6.61 Å². The van der Waals surface area contributed by atoms with E-state index < -0.39 is 0 Å². The summed E-state index contributed by atoms with van der Waals surface area (Å²) in [5.74, 6) is 0. The van der Waals surface area contributed by atoms with E-state index in [9.17, 15) is 0 Å². The van der Waals surface area contributed by atoms with Crippen LogP contribution in [0.5, 0.6) is 0 Å². The lowest BCUT2D eigenvalue weighted by Gasteiger charge is -2.31. The highest BCUT2D eigenvalue weighted by molar-refractivity contribution is 5.28. The summed E-state index contributed by atoms with van der Waals surface area (Å²) >= 11 is 0. The third kappa shape index (κ3) is 3.37. The first kappa shape index (κ1) is 13.1. The Kier molecular flexibility index (Phi) is 4.19. The van der Waals surface area contributed by atoms with Gasteiger partial charge in [0.05, 0.1) is 6.10 Å². The summed E-state index contributed by atoms with van der Waals surface area (Å²) in [5.41, 5.74) is 3.12. The zero-order valence-corrected chi connectivity index (χ0v) is 11.9. The SMILES string of the molecule is CC1CC(NC2CCc3ccccc3CC2)CCO1. The van der Waals surface area contributed by atoms with Gasteiger partial charge in [-0.2, -0.15) is 0 Å². The molecule has 1 fully saturated rings. The molecule has 2 nitrogen and oxygen atoms in total. The first-order valence-corrected chi connectivity index (χ1v) is 7.75. The number of hydrogen-bond donors (Lipinski definition) is 1. The minimum absolute atomic E-state index is 0.425. The maximum Gasteiger partial charge on any atom is 0.0561 e. The summed E-state index contributed by atoms with van der Waals surface area (Å²) in [4.78, 5) is 0. The Balaban J connectivity index is 1.56. The molecule has 2 heteroatoms. The van der Waals surface area contributed by atoms with Crippen LogP contribution in [0.4, 0.5) is 0 Å². The number of nitrogens with one attached hydrogen (secondary N) is 1. The number of benzene rings is 1. The molecule has 1 N–H and O–H groups in total. The van der Waals surface area contributed by atoms with Gasteiger partial charge in [-0.15, -0.1) is 0 Å². The van der Waals surface area contributed by atoms with Crippen LogP contribution >= 0.6 is 0 Å². The van der Waals surface area contributed by atoms with Gasteiger partial charge in [0.1, 0.15) is 0 Å². The van der Waals surface area contributed by atoms with Crippen molar-refractivity contribution in [3.8, 4) is 0 Å². The van der Waals surface area contributed by atoms with E-state index in [-0.39, 0.29) is 0 Å². The van der Waals surface area contributed by atoms with E-state index in [1.54, 1.807) is 11.1 Å². The lowest BCUT2D eigenvalue weighted by molar-refractivity contribution is 0.0109. The van der Waals surface area contributed by atoms with E-state index in [0.717, 1.165) is 6.61 Å². The molecule has 2 aliphatic rings. The van der Waals surface area contributed by atoms with Crippen LogP contribution in [0.1, 0.15) is 43.7 Å². The largest absolute Gasteiger partial charge is 0.378 e. The summed E-state index contributed by atoms with van der Waals surface area (Å²) in [6.07, 6.45) is 7.79. The molecule has 1 aliphatic carbocycles. The molecule has 0 spiro atoms. The van der Waals surface area contributed by atoms with Crippen molar-refractivity contribution < 1.29 is 4.74 Å². The molecule has 2 atom stereocenters. The van der Waals surface area contributed by atoms with Gasteiger partial charge in [0.15, 0.2) is 0 Å². The molecule has 0 aromatic heterocycles. The van der Waals surface area contributed by atoms with E-state index in [4.69, 9.17) is 4.74 Å². The van der Waals surface area contributed by atoms with Gasteiger partial charge in [-0.25, -0.2) is 0 Å². The number of fused-ring (bicyclic) bond motifs is 1. The smallest absolute Gasteiger partial charge is 0.0561 e. The summed E-state index contributed by atoms with van der Waals surface area (Å²) in [6, 6.07) is 10.3. The molecule has 19 heavy (non-hydrogen) atoms. The van der Waals surface area contributed by atoms with Gasteiger partial charge >= 0.3 is 0 Å². The number of ether oxygens (including phenoxy) is 1. The molecular weight excluding hydrogens is 234 g/mol. The van der Waals surface area contributed by atoms with E-state index in [1.165, 1.54) is 38.5 Å². The fraction of sp³-hybridized carbons (Fsp3) is 0.647. The van der Waals surface area contributed by atoms with Crippen molar-refractivity contribution in [3.63, 3.8) is 0 Å². The molecule has 0 saturated carbocycles. The van der Waals surface area contributed by atoms with Gasteiger partial charge in [0, 0.05) is 18.7 Å². The van der Waals surface area contributed by atoms with Crippen LogP contribution in [-0.2, 0) is 17.6 Å². The van der Waals surface area contributed by atoms with Gasteiger partial charge in [-0.1, -0.05) is 24.3 Å². The topological polar surface area (TPSA) is 21.3 Å². The Morgan fingerprint density at radius 3 is 2.32 bits per heavy atom. The predicted molar refractivity (Wildman–Crippen MR) is 78.4 cm³/mol. The molecule has 104 valence electrons. The molecule has 1 aliphatic heterocycles. The molecule has 0 radical (unpaired) electrons. The van der Waals surface area contributed by atoms with Gasteiger partial charge in [0.25, 0.3) is 0 Å². The first-order valence-electron chi connectivity index (χ1n) is 7.75. The second kappa shape index (κ2) is 6.06. The van der Waals surface area contributed by atoms with E-state index >= 15 is 0 Å². The minimum Gasteiger partial charge on any atom is -0.378 e. The summed E-state index contributed by atoms with van der Waals surface area (Å²) in [7, 11) is 0. The van der Waals surface area contributed by atoms with Crippen LogP contribution in [0.3, 0.4) is 0 Å². The van der Waals surface area contributed by atoms with Crippen LogP contribution in [0.15, 0.2) is 24.3 Å². The van der Waals surface area contributed by atoms with Crippen molar-refractivity contribution in [2.24, 2.45) is 0 Å². The van der Waals surface area contributed by atoms with Crippen molar-refractivity contribution >= 4 is 0 Å². The lowest BCUT2D eigenvalue weighted by atomic mass is 10.0. The van der Waals surface area contributed by atoms with E-state index in [1.807, 2.05) is 0 Å². The summed E-state index contributed by atoms with van der Waals surface area (Å²) in [5, 5.41) is 3.88. The van der Waals surface area contributed by atoms with Gasteiger partial charge in [-0.05, 0) is 56.6 Å². The summed E-state index contributed by atoms with van der Waals surface area (Å²) in [6.45, 7) is 3.11. The normalized spacial score (nSPS) is 28.7. The molecular formula is C17H25NO. The van der Waals surface area contributed by atoms with Crippen LogP contribution in [-0.4, -0.2) is 24.8 Å². The highest BCUT2D eigenvalue weighted by atomic mass is 16.5. The molecule has 0 bridgehead atoms. The Hall–Kier alpha value is -0.860. The maximum atomic E-state index is 5.63. The Labute approximate surface area is 116 Å².